The van der Waals surface area contributed by atoms with Crippen LogP contribution in [-0.2, 0) is 23.1 Å². The first-order valence-electron chi connectivity index (χ1n) is 9.46. The first-order valence-corrected chi connectivity index (χ1v) is 9.84. The third kappa shape index (κ3) is 4.81. The van der Waals surface area contributed by atoms with Crippen LogP contribution >= 0.6 is 11.6 Å². The van der Waals surface area contributed by atoms with Gasteiger partial charge in [-0.25, -0.2) is 0 Å². The number of amides is 2. The van der Waals surface area contributed by atoms with E-state index in [9.17, 15) is 9.59 Å². The van der Waals surface area contributed by atoms with Crippen molar-refractivity contribution in [3.05, 3.63) is 58.4 Å². The van der Waals surface area contributed by atoms with E-state index in [0.717, 1.165) is 37.2 Å². The van der Waals surface area contributed by atoms with Gasteiger partial charge in [-0.15, -0.1) is 0 Å². The number of aromatic nitrogens is 2. The Morgan fingerprint density at radius 3 is 2.54 bits per heavy atom. The van der Waals surface area contributed by atoms with Crippen LogP contribution in [0.5, 0.6) is 0 Å². The van der Waals surface area contributed by atoms with Crippen LogP contribution in [0.1, 0.15) is 29.7 Å². The number of nitrogens with zero attached hydrogens (tertiary/aromatic N) is 3. The summed E-state index contributed by atoms with van der Waals surface area (Å²) >= 11 is 6.20. The third-order valence-corrected chi connectivity index (χ3v) is 5.36. The van der Waals surface area contributed by atoms with Crippen LogP contribution < -0.4 is 5.32 Å². The summed E-state index contributed by atoms with van der Waals surface area (Å²) < 4.78 is 1.56. The highest BCUT2D eigenvalue weighted by Crippen LogP contribution is 2.20. The topological polar surface area (TPSA) is 67.2 Å². The second-order valence-electron chi connectivity index (χ2n) is 7.03. The van der Waals surface area contributed by atoms with E-state index in [-0.39, 0.29) is 11.8 Å². The number of likely N-dealkylation sites (tertiary alicyclic amines) is 1. The smallest absolute Gasteiger partial charge is 0.245 e. The molecule has 28 heavy (non-hydrogen) atoms. The molecule has 0 aliphatic carbocycles. The first-order chi connectivity index (χ1) is 13.5. The average Bonchev–Trinajstić information content (AvgIpc) is 3.29. The summed E-state index contributed by atoms with van der Waals surface area (Å²) in [7, 11) is 1.75. The SMILES string of the molecule is Cc1nn(C)c(Cl)c1/C=C/C(=O)NC(Cc1ccccc1)C(=O)N1CCCC1. The van der Waals surface area contributed by atoms with Crippen molar-refractivity contribution >= 4 is 29.5 Å². The minimum Gasteiger partial charge on any atom is -0.341 e. The summed E-state index contributed by atoms with van der Waals surface area (Å²) in [5, 5.41) is 7.57. The Balaban J connectivity index is 1.73. The second kappa shape index (κ2) is 9.06. The van der Waals surface area contributed by atoms with Crippen LogP contribution in [0.3, 0.4) is 0 Å². The minimum absolute atomic E-state index is 0.0290. The van der Waals surface area contributed by atoms with Crippen LogP contribution in [0.15, 0.2) is 36.4 Å². The number of hydrogen-bond acceptors (Lipinski definition) is 3. The van der Waals surface area contributed by atoms with E-state index in [4.69, 9.17) is 11.6 Å². The van der Waals surface area contributed by atoms with E-state index in [2.05, 4.69) is 10.4 Å². The molecule has 0 bridgehead atoms. The van der Waals surface area contributed by atoms with Crippen molar-refractivity contribution < 1.29 is 9.59 Å². The van der Waals surface area contributed by atoms with E-state index < -0.39 is 6.04 Å². The molecule has 0 spiro atoms. The number of rotatable bonds is 6. The van der Waals surface area contributed by atoms with Gasteiger partial charge in [-0.1, -0.05) is 41.9 Å². The van der Waals surface area contributed by atoms with E-state index in [1.807, 2.05) is 42.2 Å². The predicted octanol–water partition coefficient (Wildman–Crippen LogP) is 2.75. The second-order valence-corrected chi connectivity index (χ2v) is 7.39. The molecule has 6 nitrogen and oxygen atoms in total. The summed E-state index contributed by atoms with van der Waals surface area (Å²) in [6, 6.07) is 9.13. The first kappa shape index (κ1) is 20.1. The molecule has 1 atom stereocenters. The zero-order valence-electron chi connectivity index (χ0n) is 16.2. The molecule has 0 radical (unpaired) electrons. The van der Waals surface area contributed by atoms with Gasteiger partial charge in [-0.05, 0) is 31.4 Å². The van der Waals surface area contributed by atoms with Gasteiger partial charge in [0.25, 0.3) is 0 Å². The van der Waals surface area contributed by atoms with Crippen LogP contribution in [0.25, 0.3) is 6.08 Å². The predicted molar refractivity (Wildman–Crippen MR) is 110 cm³/mol. The Labute approximate surface area is 170 Å². The van der Waals surface area contributed by atoms with Crippen molar-refractivity contribution in [2.45, 2.75) is 32.2 Å². The molecule has 7 heteroatoms. The zero-order valence-corrected chi connectivity index (χ0v) is 16.9. The van der Waals surface area contributed by atoms with Crippen molar-refractivity contribution in [2.75, 3.05) is 13.1 Å². The molecule has 1 fully saturated rings. The molecule has 2 amide bonds. The standard InChI is InChI=1S/C21H25ClN4O2/c1-15-17(20(22)25(2)24-15)10-11-19(27)23-18(14-16-8-4-3-5-9-16)21(28)26-12-6-7-13-26/h3-5,8-11,18H,6-7,12-14H2,1-2H3,(H,23,27)/b11-10+. The van der Waals surface area contributed by atoms with Gasteiger partial charge in [0, 0.05) is 38.2 Å². The van der Waals surface area contributed by atoms with Crippen molar-refractivity contribution in [1.29, 1.82) is 0 Å². The molecule has 0 saturated carbocycles. The lowest BCUT2D eigenvalue weighted by Crippen LogP contribution is -2.48. The molecule has 1 aliphatic rings. The molecular formula is C21H25ClN4O2. The van der Waals surface area contributed by atoms with Crippen LogP contribution in [-0.4, -0.2) is 45.6 Å². The summed E-state index contributed by atoms with van der Waals surface area (Å²) in [6.45, 7) is 3.33. The highest BCUT2D eigenvalue weighted by atomic mass is 35.5. The fraction of sp³-hybridized carbons (Fsp3) is 0.381. The van der Waals surface area contributed by atoms with Gasteiger partial charge < -0.3 is 10.2 Å². The van der Waals surface area contributed by atoms with Crippen LogP contribution in [0.4, 0.5) is 0 Å². The van der Waals surface area contributed by atoms with Crippen LogP contribution in [0, 0.1) is 6.92 Å². The number of halogens is 1. The molecule has 1 aromatic carbocycles. The summed E-state index contributed by atoms with van der Waals surface area (Å²) in [4.78, 5) is 27.3. The number of hydrogen-bond donors (Lipinski definition) is 1. The fourth-order valence-electron chi connectivity index (χ4n) is 3.42. The van der Waals surface area contributed by atoms with Gasteiger partial charge in [0.1, 0.15) is 11.2 Å². The molecule has 1 aliphatic heterocycles. The van der Waals surface area contributed by atoms with Gasteiger partial charge in [0.05, 0.1) is 5.69 Å². The summed E-state index contributed by atoms with van der Waals surface area (Å²) in [5.41, 5.74) is 2.45. The molecule has 2 heterocycles. The highest BCUT2D eigenvalue weighted by Gasteiger charge is 2.27. The molecule has 3 rings (SSSR count). The number of nitrogens with one attached hydrogen (secondary N) is 1. The Kier molecular flexibility index (Phi) is 6.52. The fourth-order valence-corrected chi connectivity index (χ4v) is 3.66. The summed E-state index contributed by atoms with van der Waals surface area (Å²) in [6.07, 6.45) is 5.53. The summed E-state index contributed by atoms with van der Waals surface area (Å²) in [5.74, 6) is -0.355. The van der Waals surface area contributed by atoms with Gasteiger partial charge in [0.2, 0.25) is 11.8 Å². The maximum absolute atomic E-state index is 12.9. The van der Waals surface area contributed by atoms with Gasteiger partial charge in [-0.2, -0.15) is 5.10 Å². The monoisotopic (exact) mass is 400 g/mol. The lowest BCUT2D eigenvalue weighted by atomic mass is 10.0. The number of carbonyl (C=O) groups is 2. The molecular weight excluding hydrogens is 376 g/mol. The molecule has 2 aromatic rings. The van der Waals surface area contributed by atoms with Gasteiger partial charge >= 0.3 is 0 Å². The minimum atomic E-state index is -0.594. The number of aryl methyl sites for hydroxylation is 2. The molecule has 148 valence electrons. The molecule has 1 aromatic heterocycles. The van der Waals surface area contributed by atoms with Gasteiger partial charge in [-0.3, -0.25) is 14.3 Å². The molecule has 1 saturated heterocycles. The maximum atomic E-state index is 12.9. The largest absolute Gasteiger partial charge is 0.341 e. The Morgan fingerprint density at radius 2 is 1.93 bits per heavy atom. The van der Waals surface area contributed by atoms with E-state index in [1.54, 1.807) is 17.8 Å². The quantitative estimate of drug-likeness (QED) is 0.758. The van der Waals surface area contributed by atoms with Crippen molar-refractivity contribution in [3.63, 3.8) is 0 Å². The molecule has 1 N–H and O–H groups in total. The Bertz CT molecular complexity index is 870. The van der Waals surface area contributed by atoms with E-state index in [0.29, 0.717) is 17.1 Å². The van der Waals surface area contributed by atoms with Crippen molar-refractivity contribution in [2.24, 2.45) is 7.05 Å². The van der Waals surface area contributed by atoms with E-state index in [1.165, 1.54) is 6.08 Å². The number of benzene rings is 1. The Hall–Kier alpha value is -2.60. The van der Waals surface area contributed by atoms with E-state index >= 15 is 0 Å². The molecule has 1 unspecified atom stereocenters. The lowest BCUT2D eigenvalue weighted by molar-refractivity contribution is -0.134. The van der Waals surface area contributed by atoms with Crippen molar-refractivity contribution in [1.82, 2.24) is 20.0 Å². The Morgan fingerprint density at radius 1 is 1.25 bits per heavy atom. The van der Waals surface area contributed by atoms with Gasteiger partial charge in [0.15, 0.2) is 0 Å². The zero-order chi connectivity index (χ0) is 20.1. The normalized spacial score (nSPS) is 15.2. The van der Waals surface area contributed by atoms with Crippen molar-refractivity contribution in [3.8, 4) is 0 Å². The maximum Gasteiger partial charge on any atom is 0.245 e. The third-order valence-electron chi connectivity index (χ3n) is 4.91. The lowest BCUT2D eigenvalue weighted by Gasteiger charge is -2.23. The highest BCUT2D eigenvalue weighted by molar-refractivity contribution is 6.31. The van der Waals surface area contributed by atoms with Crippen LogP contribution in [0.2, 0.25) is 5.15 Å². The number of carbonyl (C=O) groups excluding carboxylic acids is 2. The average molecular weight is 401 g/mol.